The zero-order chi connectivity index (χ0) is 11.4. The summed E-state index contributed by atoms with van der Waals surface area (Å²) in [7, 11) is 0. The van der Waals surface area contributed by atoms with Crippen LogP contribution in [0.15, 0.2) is 41.6 Å². The van der Waals surface area contributed by atoms with Gasteiger partial charge in [0.2, 0.25) is 0 Å². The summed E-state index contributed by atoms with van der Waals surface area (Å²) in [5.41, 5.74) is 6.36. The smallest absolute Gasteiger partial charge is 0.141 e. The lowest BCUT2D eigenvalue weighted by molar-refractivity contribution is 1.11. The van der Waals surface area contributed by atoms with Gasteiger partial charge < -0.3 is 5.73 Å². The fourth-order valence-corrected chi connectivity index (χ4v) is 2.26. The molecule has 2 aromatic rings. The number of rotatable bonds is 3. The third-order valence-electron chi connectivity index (χ3n) is 1.91. The predicted octanol–water partition coefficient (Wildman–Crippen LogP) is 3.00. The van der Waals surface area contributed by atoms with E-state index in [9.17, 15) is 0 Å². The molecule has 0 radical (unpaired) electrons. The summed E-state index contributed by atoms with van der Waals surface area (Å²) >= 11 is 7.56. The van der Waals surface area contributed by atoms with Crippen molar-refractivity contribution in [1.82, 2.24) is 9.97 Å². The molecule has 1 aromatic carbocycles. The predicted molar refractivity (Wildman–Crippen MR) is 67.5 cm³/mol. The van der Waals surface area contributed by atoms with Gasteiger partial charge in [0.25, 0.3) is 0 Å². The van der Waals surface area contributed by atoms with Gasteiger partial charge in [0.15, 0.2) is 0 Å². The Labute approximate surface area is 103 Å². The maximum atomic E-state index is 5.89. The lowest BCUT2D eigenvalue weighted by Gasteiger charge is -2.01. The number of thioether (sulfide) groups is 1. The number of halogens is 1. The van der Waals surface area contributed by atoms with E-state index in [-0.39, 0.29) is 0 Å². The van der Waals surface area contributed by atoms with Crippen LogP contribution in [0.5, 0.6) is 0 Å². The van der Waals surface area contributed by atoms with E-state index in [0.717, 1.165) is 21.4 Å². The van der Waals surface area contributed by atoms with E-state index < -0.39 is 0 Å². The first-order valence-electron chi connectivity index (χ1n) is 4.69. The molecular weight excluding hydrogens is 242 g/mol. The van der Waals surface area contributed by atoms with E-state index in [4.69, 9.17) is 17.3 Å². The normalized spacial score (nSPS) is 10.3. The molecule has 0 atom stereocenters. The summed E-state index contributed by atoms with van der Waals surface area (Å²) in [4.78, 5) is 9.28. The minimum atomic E-state index is 0.441. The largest absolute Gasteiger partial charge is 0.382 e. The van der Waals surface area contributed by atoms with Gasteiger partial charge in [-0.15, -0.1) is 11.8 Å². The Morgan fingerprint density at radius 3 is 2.81 bits per heavy atom. The van der Waals surface area contributed by atoms with Gasteiger partial charge in [-0.05, 0) is 18.2 Å². The number of aromatic nitrogens is 2. The summed E-state index contributed by atoms with van der Waals surface area (Å²) in [6.45, 7) is 0. The van der Waals surface area contributed by atoms with Crippen LogP contribution in [0, 0.1) is 0 Å². The molecule has 1 heterocycles. The van der Waals surface area contributed by atoms with Crippen LogP contribution in [-0.4, -0.2) is 9.97 Å². The Kier molecular flexibility index (Phi) is 3.64. The molecule has 2 N–H and O–H groups in total. The minimum Gasteiger partial charge on any atom is -0.382 e. The first-order chi connectivity index (χ1) is 7.74. The first-order valence-corrected chi connectivity index (χ1v) is 6.05. The van der Waals surface area contributed by atoms with E-state index in [1.807, 2.05) is 24.3 Å². The summed E-state index contributed by atoms with van der Waals surface area (Å²) in [5, 5.41) is 0.744. The van der Waals surface area contributed by atoms with Crippen molar-refractivity contribution in [3.8, 4) is 0 Å². The maximum absolute atomic E-state index is 5.89. The number of nitrogen functional groups attached to an aromatic ring is 1. The fourth-order valence-electron chi connectivity index (χ4n) is 1.15. The third-order valence-corrected chi connectivity index (χ3v) is 3.17. The van der Waals surface area contributed by atoms with Gasteiger partial charge in [0.05, 0.1) is 18.1 Å². The van der Waals surface area contributed by atoms with Crippen LogP contribution in [0.3, 0.4) is 0 Å². The highest BCUT2D eigenvalue weighted by atomic mass is 35.5. The van der Waals surface area contributed by atoms with Gasteiger partial charge in [0, 0.05) is 15.7 Å². The zero-order valence-corrected chi connectivity index (χ0v) is 10.0. The van der Waals surface area contributed by atoms with Crippen molar-refractivity contribution >= 4 is 29.2 Å². The highest BCUT2D eigenvalue weighted by molar-refractivity contribution is 7.98. The van der Waals surface area contributed by atoms with E-state index in [2.05, 4.69) is 9.97 Å². The Hall–Kier alpha value is -1.26. The van der Waals surface area contributed by atoms with Gasteiger partial charge in [0.1, 0.15) is 5.82 Å². The molecule has 0 aliphatic carbocycles. The van der Waals surface area contributed by atoms with Crippen molar-refractivity contribution in [1.29, 1.82) is 0 Å². The highest BCUT2D eigenvalue weighted by Crippen LogP contribution is 2.24. The molecule has 16 heavy (non-hydrogen) atoms. The molecule has 0 saturated carbocycles. The van der Waals surface area contributed by atoms with Crippen molar-refractivity contribution in [3.63, 3.8) is 0 Å². The molecular formula is C11H10ClN3S. The topological polar surface area (TPSA) is 51.8 Å². The average molecular weight is 252 g/mol. The number of hydrogen-bond donors (Lipinski definition) is 1. The van der Waals surface area contributed by atoms with Crippen LogP contribution in [0.4, 0.5) is 5.82 Å². The number of nitrogens with zero attached hydrogens (tertiary/aromatic N) is 2. The quantitative estimate of drug-likeness (QED) is 0.852. The summed E-state index contributed by atoms with van der Waals surface area (Å²) in [6.07, 6.45) is 3.25. The second-order valence-electron chi connectivity index (χ2n) is 3.18. The van der Waals surface area contributed by atoms with Gasteiger partial charge >= 0.3 is 0 Å². The van der Waals surface area contributed by atoms with Gasteiger partial charge in [-0.25, -0.2) is 4.98 Å². The fraction of sp³-hybridized carbons (Fsp3) is 0.0909. The summed E-state index contributed by atoms with van der Waals surface area (Å²) in [5.74, 6) is 1.20. The second-order valence-corrected chi connectivity index (χ2v) is 4.66. The minimum absolute atomic E-state index is 0.441. The molecule has 0 fully saturated rings. The molecule has 0 aliphatic heterocycles. The maximum Gasteiger partial charge on any atom is 0.141 e. The van der Waals surface area contributed by atoms with Crippen LogP contribution in [0.1, 0.15) is 5.69 Å². The molecule has 0 spiro atoms. The molecule has 82 valence electrons. The van der Waals surface area contributed by atoms with Crippen molar-refractivity contribution < 1.29 is 0 Å². The summed E-state index contributed by atoms with van der Waals surface area (Å²) < 4.78 is 0. The lowest BCUT2D eigenvalue weighted by Crippen LogP contribution is -1.94. The van der Waals surface area contributed by atoms with E-state index >= 15 is 0 Å². The summed E-state index contributed by atoms with van der Waals surface area (Å²) in [6, 6.07) is 7.73. The van der Waals surface area contributed by atoms with Gasteiger partial charge in [-0.2, -0.15) is 0 Å². The second kappa shape index (κ2) is 5.18. The van der Waals surface area contributed by atoms with E-state index in [1.165, 1.54) is 0 Å². The van der Waals surface area contributed by atoms with Crippen molar-refractivity contribution in [2.24, 2.45) is 0 Å². The van der Waals surface area contributed by atoms with Crippen molar-refractivity contribution in [2.75, 3.05) is 5.73 Å². The standard InChI is InChI=1S/C11H10ClN3S/c12-8-2-1-3-10(4-8)16-7-9-5-15-11(13)6-14-9/h1-6H,7H2,(H2,13,15). The van der Waals surface area contributed by atoms with E-state index in [0.29, 0.717) is 5.82 Å². The monoisotopic (exact) mass is 251 g/mol. The van der Waals surface area contributed by atoms with Crippen LogP contribution >= 0.6 is 23.4 Å². The van der Waals surface area contributed by atoms with E-state index in [1.54, 1.807) is 24.2 Å². The van der Waals surface area contributed by atoms with Crippen LogP contribution in [0.25, 0.3) is 0 Å². The Balaban J connectivity index is 1.99. The molecule has 0 saturated heterocycles. The lowest BCUT2D eigenvalue weighted by atomic mass is 10.4. The molecule has 0 unspecified atom stereocenters. The number of nitrogens with two attached hydrogens (primary N) is 1. The van der Waals surface area contributed by atoms with Crippen LogP contribution in [0.2, 0.25) is 5.02 Å². The van der Waals surface area contributed by atoms with Crippen LogP contribution < -0.4 is 5.73 Å². The Morgan fingerprint density at radius 1 is 1.25 bits per heavy atom. The highest BCUT2D eigenvalue weighted by Gasteiger charge is 1.98. The Morgan fingerprint density at radius 2 is 2.12 bits per heavy atom. The van der Waals surface area contributed by atoms with Crippen LogP contribution in [-0.2, 0) is 5.75 Å². The van der Waals surface area contributed by atoms with Crippen molar-refractivity contribution in [2.45, 2.75) is 10.6 Å². The third kappa shape index (κ3) is 3.12. The number of anilines is 1. The zero-order valence-electron chi connectivity index (χ0n) is 8.43. The molecule has 0 amide bonds. The van der Waals surface area contributed by atoms with Gasteiger partial charge in [-0.1, -0.05) is 17.7 Å². The number of benzene rings is 1. The number of hydrogen-bond acceptors (Lipinski definition) is 4. The average Bonchev–Trinajstić information content (AvgIpc) is 2.28. The molecule has 0 bridgehead atoms. The molecule has 2 rings (SSSR count). The van der Waals surface area contributed by atoms with Gasteiger partial charge in [-0.3, -0.25) is 4.98 Å². The molecule has 0 aliphatic rings. The molecule has 5 heteroatoms. The SMILES string of the molecule is Nc1cnc(CSc2cccc(Cl)c2)cn1. The molecule has 1 aromatic heterocycles. The Bertz CT molecular complexity index is 473. The first kappa shape index (κ1) is 11.2. The molecule has 3 nitrogen and oxygen atoms in total. The van der Waals surface area contributed by atoms with Crippen molar-refractivity contribution in [3.05, 3.63) is 47.4 Å².